The van der Waals surface area contributed by atoms with E-state index in [1.807, 2.05) is 6.92 Å². The number of nitrogens with zero attached hydrogens (tertiary/aromatic N) is 2. The number of aromatic nitrogens is 2. The third-order valence-corrected chi connectivity index (χ3v) is 4.47. The summed E-state index contributed by atoms with van der Waals surface area (Å²) < 4.78 is 13.6. The van der Waals surface area contributed by atoms with Crippen LogP contribution in [0.1, 0.15) is 37.8 Å². The van der Waals surface area contributed by atoms with Gasteiger partial charge in [0.15, 0.2) is 5.82 Å². The van der Waals surface area contributed by atoms with E-state index in [1.54, 1.807) is 12.1 Å². The number of benzene rings is 1. The molecule has 1 heterocycles. The monoisotopic (exact) mass is 377 g/mol. The van der Waals surface area contributed by atoms with E-state index in [1.165, 1.54) is 12.1 Å². The Hall–Kier alpha value is -2.41. The minimum Gasteiger partial charge on any atom is -0.325 e. The second-order valence-electron chi connectivity index (χ2n) is 6.48. The van der Waals surface area contributed by atoms with Crippen LogP contribution in [0.2, 0.25) is 5.02 Å². The number of hydrogen-bond donors (Lipinski definition) is 3. The summed E-state index contributed by atoms with van der Waals surface area (Å²) in [6.07, 6.45) is 4.94. The molecule has 26 heavy (non-hydrogen) atoms. The molecule has 0 aliphatic heterocycles. The molecule has 1 fully saturated rings. The van der Waals surface area contributed by atoms with Crippen LogP contribution in [0.25, 0.3) is 0 Å². The summed E-state index contributed by atoms with van der Waals surface area (Å²) in [4.78, 5) is 16.7. The average molecular weight is 378 g/mol. The number of carbonyl (C=O) groups is 1. The number of guanidine groups is 1. The fraction of sp³-hybridized carbons (Fsp3) is 0.389. The maximum atomic E-state index is 13.6. The fourth-order valence-corrected chi connectivity index (χ4v) is 3.23. The Balaban J connectivity index is 1.82. The van der Waals surface area contributed by atoms with Gasteiger partial charge in [0, 0.05) is 28.4 Å². The molecule has 0 atom stereocenters. The van der Waals surface area contributed by atoms with E-state index in [0.29, 0.717) is 11.5 Å². The number of hydrogen-bond acceptors (Lipinski definition) is 2. The second-order valence-corrected chi connectivity index (χ2v) is 6.91. The Bertz CT molecular complexity index is 793. The highest BCUT2D eigenvalue weighted by Gasteiger charge is 2.21. The van der Waals surface area contributed by atoms with Crippen molar-refractivity contribution >= 4 is 35.0 Å². The van der Waals surface area contributed by atoms with E-state index in [0.717, 1.165) is 37.8 Å². The molecule has 0 spiro atoms. The van der Waals surface area contributed by atoms with E-state index < -0.39 is 5.82 Å². The summed E-state index contributed by atoms with van der Waals surface area (Å²) >= 11 is 5.90. The molecule has 3 N–H and O–H groups in total. The summed E-state index contributed by atoms with van der Waals surface area (Å²) in [5.74, 6) is -0.0381. The van der Waals surface area contributed by atoms with Crippen LogP contribution in [0.5, 0.6) is 0 Å². The number of aliphatic imine (C=N–C) groups is 1. The first-order valence-electron chi connectivity index (χ1n) is 8.64. The van der Waals surface area contributed by atoms with Crippen molar-refractivity contribution in [1.29, 1.82) is 0 Å². The van der Waals surface area contributed by atoms with Crippen LogP contribution in [-0.2, 0) is 4.79 Å². The number of amides is 1. The number of carbonyl (C=O) groups excluding carboxylic acids is 1. The van der Waals surface area contributed by atoms with E-state index in [2.05, 4.69) is 25.8 Å². The summed E-state index contributed by atoms with van der Waals surface area (Å²) in [5, 5.41) is 13.0. The van der Waals surface area contributed by atoms with Gasteiger partial charge in [-0.2, -0.15) is 10.1 Å². The standard InChI is InChI=1S/C18H21ClFN5O/c1-11-7-16(25-24-11)22-18(21-15-9-13(19)8-14(20)10-15)23-17(26)12-5-3-2-4-6-12/h7-10,12H,2-6H2,1H3,(H3,21,22,23,24,25,26). The van der Waals surface area contributed by atoms with Crippen LogP contribution in [0.3, 0.4) is 0 Å². The van der Waals surface area contributed by atoms with Crippen molar-refractivity contribution < 1.29 is 9.18 Å². The van der Waals surface area contributed by atoms with Gasteiger partial charge in [0.05, 0.1) is 0 Å². The third-order valence-electron chi connectivity index (χ3n) is 4.25. The molecule has 138 valence electrons. The lowest BCUT2D eigenvalue weighted by atomic mass is 9.89. The Labute approximate surface area is 156 Å². The third kappa shape index (κ3) is 5.05. The largest absolute Gasteiger partial charge is 0.325 e. The van der Waals surface area contributed by atoms with E-state index in [4.69, 9.17) is 11.6 Å². The van der Waals surface area contributed by atoms with Crippen molar-refractivity contribution in [2.24, 2.45) is 10.9 Å². The van der Waals surface area contributed by atoms with Crippen LogP contribution >= 0.6 is 11.6 Å². The maximum absolute atomic E-state index is 13.6. The topological polar surface area (TPSA) is 82.2 Å². The van der Waals surface area contributed by atoms with Gasteiger partial charge in [0.1, 0.15) is 5.82 Å². The SMILES string of the molecule is Cc1cc(N/C(=N\C(=O)C2CCCCC2)Nc2cc(F)cc(Cl)c2)n[nH]1. The van der Waals surface area contributed by atoms with Gasteiger partial charge in [-0.1, -0.05) is 30.9 Å². The average Bonchev–Trinajstić information content (AvgIpc) is 2.99. The molecule has 0 saturated heterocycles. The maximum Gasteiger partial charge on any atom is 0.251 e. The van der Waals surface area contributed by atoms with Crippen molar-refractivity contribution in [3.63, 3.8) is 0 Å². The molecule has 0 unspecified atom stereocenters. The number of halogens is 2. The summed E-state index contributed by atoms with van der Waals surface area (Å²) in [7, 11) is 0. The highest BCUT2D eigenvalue weighted by Crippen LogP contribution is 2.25. The number of H-pyrrole nitrogens is 1. The van der Waals surface area contributed by atoms with Gasteiger partial charge >= 0.3 is 0 Å². The molecule has 1 saturated carbocycles. The second kappa shape index (κ2) is 8.31. The Morgan fingerprint density at radius 1 is 1.23 bits per heavy atom. The number of aryl methyl sites for hydroxylation is 1. The lowest BCUT2D eigenvalue weighted by Crippen LogP contribution is -2.26. The summed E-state index contributed by atoms with van der Waals surface area (Å²) in [6, 6.07) is 5.83. The van der Waals surface area contributed by atoms with Crippen LogP contribution in [0.15, 0.2) is 29.3 Å². The molecule has 0 radical (unpaired) electrons. The minimum atomic E-state index is -0.478. The van der Waals surface area contributed by atoms with Crippen LogP contribution in [-0.4, -0.2) is 22.1 Å². The van der Waals surface area contributed by atoms with E-state index in [9.17, 15) is 9.18 Å². The lowest BCUT2D eigenvalue weighted by Gasteiger charge is -2.19. The molecule has 3 rings (SSSR count). The Kier molecular flexibility index (Phi) is 5.88. The van der Waals surface area contributed by atoms with E-state index in [-0.39, 0.29) is 22.8 Å². The van der Waals surface area contributed by atoms with E-state index >= 15 is 0 Å². The van der Waals surface area contributed by atoms with Crippen LogP contribution in [0.4, 0.5) is 15.9 Å². The fourth-order valence-electron chi connectivity index (χ4n) is 3.00. The molecular formula is C18H21ClFN5O. The van der Waals surface area contributed by atoms with Crippen molar-refractivity contribution in [2.45, 2.75) is 39.0 Å². The summed E-state index contributed by atoms with van der Waals surface area (Å²) in [5.41, 5.74) is 1.25. The molecule has 1 amide bonds. The van der Waals surface area contributed by atoms with Gasteiger partial charge in [-0.3, -0.25) is 9.89 Å². The number of rotatable bonds is 3. The zero-order chi connectivity index (χ0) is 18.5. The lowest BCUT2D eigenvalue weighted by molar-refractivity contribution is -0.122. The van der Waals surface area contributed by atoms with Crippen molar-refractivity contribution in [3.8, 4) is 0 Å². The van der Waals surface area contributed by atoms with Gasteiger partial charge < -0.3 is 10.6 Å². The van der Waals surface area contributed by atoms with Gasteiger partial charge in [0.2, 0.25) is 5.96 Å². The smallest absolute Gasteiger partial charge is 0.251 e. The summed E-state index contributed by atoms with van der Waals surface area (Å²) in [6.45, 7) is 1.86. The van der Waals surface area contributed by atoms with Crippen LogP contribution in [0, 0.1) is 18.7 Å². The molecule has 2 aromatic rings. The number of aromatic amines is 1. The van der Waals surface area contributed by atoms with Gasteiger partial charge in [-0.05, 0) is 38.0 Å². The van der Waals surface area contributed by atoms with Crippen molar-refractivity contribution in [2.75, 3.05) is 10.6 Å². The zero-order valence-corrected chi connectivity index (χ0v) is 15.2. The molecule has 1 aromatic heterocycles. The highest BCUT2D eigenvalue weighted by molar-refractivity contribution is 6.31. The predicted octanol–water partition coefficient (Wildman–Crippen LogP) is 4.50. The van der Waals surface area contributed by atoms with Gasteiger partial charge in [-0.15, -0.1) is 0 Å². The Morgan fingerprint density at radius 3 is 2.65 bits per heavy atom. The molecule has 0 bridgehead atoms. The number of anilines is 2. The minimum absolute atomic E-state index is 0.0700. The number of nitrogens with one attached hydrogen (secondary N) is 3. The first-order chi connectivity index (χ1) is 12.5. The van der Waals surface area contributed by atoms with Gasteiger partial charge in [-0.25, -0.2) is 4.39 Å². The molecular weight excluding hydrogens is 357 g/mol. The quantitative estimate of drug-likeness (QED) is 0.543. The van der Waals surface area contributed by atoms with Gasteiger partial charge in [0.25, 0.3) is 5.91 Å². The molecule has 1 aliphatic rings. The molecule has 6 nitrogen and oxygen atoms in total. The van der Waals surface area contributed by atoms with Crippen molar-refractivity contribution in [3.05, 3.63) is 40.8 Å². The first kappa shape index (κ1) is 18.4. The Morgan fingerprint density at radius 2 is 2.00 bits per heavy atom. The van der Waals surface area contributed by atoms with Crippen molar-refractivity contribution in [1.82, 2.24) is 10.2 Å². The molecule has 1 aromatic carbocycles. The molecule has 8 heteroatoms. The zero-order valence-electron chi connectivity index (χ0n) is 14.5. The first-order valence-corrected chi connectivity index (χ1v) is 9.02. The normalized spacial score (nSPS) is 15.7. The highest BCUT2D eigenvalue weighted by atomic mass is 35.5. The predicted molar refractivity (Wildman–Crippen MR) is 101 cm³/mol. The van der Waals surface area contributed by atoms with Crippen LogP contribution < -0.4 is 10.6 Å². The molecule has 1 aliphatic carbocycles.